The van der Waals surface area contributed by atoms with Gasteiger partial charge in [-0.05, 0) is 116 Å². The zero-order valence-electron chi connectivity index (χ0n) is 55.3. The highest BCUT2D eigenvalue weighted by Gasteiger charge is 2.29. The number of phosphoric ester groups is 2. The Balaban J connectivity index is 4.46. The Labute approximate surface area is 539 Å². The number of carbonyl (C=O) groups excluding carboxylic acids is 3. The van der Waals surface area contributed by atoms with Crippen molar-refractivity contribution in [3.8, 4) is 0 Å². The zero-order valence-corrected chi connectivity index (χ0v) is 57.1. The predicted molar refractivity (Wildman–Crippen MR) is 362 cm³/mol. The highest BCUT2D eigenvalue weighted by molar-refractivity contribution is 7.47. The number of aliphatic hydroxyl groups is 2. The van der Waals surface area contributed by atoms with Crippen LogP contribution >= 0.6 is 15.6 Å². The molecule has 89 heavy (non-hydrogen) atoms. The first-order valence-corrected chi connectivity index (χ1v) is 37.2. The summed E-state index contributed by atoms with van der Waals surface area (Å²) in [6.45, 7) is 2.36. The highest BCUT2D eigenvalue weighted by atomic mass is 31.2. The summed E-state index contributed by atoms with van der Waals surface area (Å²) in [5.74, 6) is -1.61. The molecule has 0 bridgehead atoms. The maximum atomic E-state index is 12.8. The molecule has 0 aromatic carbocycles. The van der Waals surface area contributed by atoms with Gasteiger partial charge in [-0.3, -0.25) is 32.5 Å². The SMILES string of the molecule is CC/C=C\C/C=C\C/C=C\C/C=C\C/C=C\CCCCCCCCCCCCCC(=O)OCC(O)COP(=O)(O)OCC(O)COP(=O)(O)OCC(COC(=O)CCCCCCC/C=C\C/C=C\C/C=C\CC)OC(=O)CCCCCCC/C=C\CCCC. The molecule has 0 aliphatic rings. The molecule has 5 unspecified atom stereocenters. The summed E-state index contributed by atoms with van der Waals surface area (Å²) in [6, 6.07) is 0. The van der Waals surface area contributed by atoms with E-state index in [0.29, 0.717) is 19.3 Å². The molecule has 0 amide bonds. The second-order valence-electron chi connectivity index (χ2n) is 22.6. The van der Waals surface area contributed by atoms with Crippen molar-refractivity contribution in [1.29, 1.82) is 0 Å². The van der Waals surface area contributed by atoms with E-state index in [1.54, 1.807) is 0 Å². The Morgan fingerprint density at radius 3 is 0.955 bits per heavy atom. The molecule has 16 nitrogen and oxygen atoms in total. The van der Waals surface area contributed by atoms with E-state index in [2.05, 4.69) is 130 Å². The van der Waals surface area contributed by atoms with E-state index in [-0.39, 0.29) is 19.3 Å². The first-order chi connectivity index (χ1) is 43.2. The van der Waals surface area contributed by atoms with E-state index in [9.17, 15) is 43.5 Å². The van der Waals surface area contributed by atoms with Crippen molar-refractivity contribution in [1.82, 2.24) is 0 Å². The van der Waals surface area contributed by atoms with Crippen molar-refractivity contribution in [2.45, 2.75) is 283 Å². The average molecular weight is 1290 g/mol. The summed E-state index contributed by atoms with van der Waals surface area (Å²) in [5.41, 5.74) is 0. The van der Waals surface area contributed by atoms with Crippen LogP contribution in [0.25, 0.3) is 0 Å². The summed E-state index contributed by atoms with van der Waals surface area (Å²) in [5, 5.41) is 20.5. The highest BCUT2D eigenvalue weighted by Crippen LogP contribution is 2.45. The average Bonchev–Trinajstić information content (AvgIpc) is 3.56. The molecule has 0 aliphatic heterocycles. The standard InChI is InChI=1S/C71H122O16P2/c1-4-7-10-13-16-19-22-24-26-27-28-29-30-31-32-33-34-35-36-37-39-41-43-45-48-51-54-57-69(74)81-60-66(72)61-83-88(77,78)84-62-67(73)63-85-89(79,80)86-65-68(87-71(76)59-56-53-50-47-42-21-18-15-12-9-6-3)64-82-70(75)58-55-52-49-46-44-40-38-25-23-20-17-14-11-8-5-2/h7-8,10-11,15-20,24-26,28-29,31-32,38,66-68,72-73H,4-6,9,12-14,21-23,27,30,33-37,39-65H2,1-3H3,(H,77,78)(H,79,80)/b10-7-,11-8-,18-15-,19-16-,20-17-,26-24-,29-28-,32-31-,38-25-. The third-order valence-electron chi connectivity index (χ3n) is 14.0. The molecule has 0 aromatic rings. The fourth-order valence-corrected chi connectivity index (χ4v) is 10.4. The fourth-order valence-electron chi connectivity index (χ4n) is 8.77. The lowest BCUT2D eigenvalue weighted by molar-refractivity contribution is -0.161. The van der Waals surface area contributed by atoms with Crippen LogP contribution in [0.15, 0.2) is 109 Å². The second-order valence-corrected chi connectivity index (χ2v) is 25.5. The lowest BCUT2D eigenvalue weighted by atomic mass is 10.0. The van der Waals surface area contributed by atoms with Gasteiger partial charge in [0.05, 0.1) is 26.4 Å². The predicted octanol–water partition coefficient (Wildman–Crippen LogP) is 18.9. The van der Waals surface area contributed by atoms with Gasteiger partial charge >= 0.3 is 33.6 Å². The van der Waals surface area contributed by atoms with Crippen molar-refractivity contribution in [2.24, 2.45) is 0 Å². The number of hydrogen-bond donors (Lipinski definition) is 4. The van der Waals surface area contributed by atoms with Crippen LogP contribution in [0.2, 0.25) is 0 Å². The zero-order chi connectivity index (χ0) is 65.3. The van der Waals surface area contributed by atoms with Gasteiger partial charge in [0.2, 0.25) is 0 Å². The number of carbonyl (C=O) groups is 3. The minimum atomic E-state index is -4.92. The van der Waals surface area contributed by atoms with E-state index in [0.717, 1.165) is 148 Å². The molecule has 4 N–H and O–H groups in total. The van der Waals surface area contributed by atoms with Gasteiger partial charge in [-0.15, -0.1) is 0 Å². The summed E-state index contributed by atoms with van der Waals surface area (Å²) >= 11 is 0. The minimum Gasteiger partial charge on any atom is -0.463 e. The summed E-state index contributed by atoms with van der Waals surface area (Å²) < 4.78 is 60.8. The monoisotopic (exact) mass is 1290 g/mol. The number of unbranched alkanes of at least 4 members (excludes halogenated alkanes) is 23. The number of hydrogen-bond acceptors (Lipinski definition) is 14. The molecule has 0 aromatic heterocycles. The van der Waals surface area contributed by atoms with Gasteiger partial charge in [0, 0.05) is 19.3 Å². The van der Waals surface area contributed by atoms with Crippen molar-refractivity contribution in [3.05, 3.63) is 109 Å². The van der Waals surface area contributed by atoms with Gasteiger partial charge in [-0.1, -0.05) is 239 Å². The number of esters is 3. The van der Waals surface area contributed by atoms with Crippen molar-refractivity contribution >= 4 is 33.6 Å². The number of phosphoric acid groups is 2. The van der Waals surface area contributed by atoms with E-state index < -0.39 is 91.5 Å². The Bertz CT molecular complexity index is 2060. The maximum Gasteiger partial charge on any atom is 0.472 e. The second kappa shape index (κ2) is 64.3. The quantitative estimate of drug-likeness (QED) is 0.0146. The van der Waals surface area contributed by atoms with Crippen molar-refractivity contribution in [2.75, 3.05) is 39.6 Å². The molecule has 0 rings (SSSR count). The number of ether oxygens (including phenoxy) is 3. The molecule has 0 fully saturated rings. The molecule has 0 radical (unpaired) electrons. The van der Waals surface area contributed by atoms with Gasteiger partial charge in [0.15, 0.2) is 6.10 Å². The molecule has 0 heterocycles. The largest absolute Gasteiger partial charge is 0.472 e. The first-order valence-electron chi connectivity index (χ1n) is 34.2. The van der Waals surface area contributed by atoms with Crippen LogP contribution < -0.4 is 0 Å². The van der Waals surface area contributed by atoms with Crippen molar-refractivity contribution in [3.63, 3.8) is 0 Å². The van der Waals surface area contributed by atoms with Gasteiger partial charge < -0.3 is 34.2 Å². The number of rotatable bonds is 64. The van der Waals surface area contributed by atoms with E-state index in [1.807, 2.05) is 0 Å². The van der Waals surface area contributed by atoms with Crippen LogP contribution in [-0.4, -0.2) is 95.9 Å². The first kappa shape index (κ1) is 85.2. The van der Waals surface area contributed by atoms with Crippen LogP contribution in [-0.2, 0) is 55.8 Å². The summed E-state index contributed by atoms with van der Waals surface area (Å²) in [6.07, 6.45) is 71.6. The minimum absolute atomic E-state index is 0.0892. The smallest absolute Gasteiger partial charge is 0.463 e. The van der Waals surface area contributed by atoms with Crippen LogP contribution in [0.4, 0.5) is 0 Å². The molecule has 512 valence electrons. The normalized spacial score (nSPS) is 14.9. The summed E-state index contributed by atoms with van der Waals surface area (Å²) in [4.78, 5) is 58.2. The lowest BCUT2D eigenvalue weighted by Gasteiger charge is -2.21. The van der Waals surface area contributed by atoms with E-state index in [1.165, 1.54) is 57.8 Å². The topological polar surface area (TPSA) is 231 Å². The Kier molecular flexibility index (Phi) is 61.6. The summed E-state index contributed by atoms with van der Waals surface area (Å²) in [7, 11) is -9.78. The van der Waals surface area contributed by atoms with Gasteiger partial charge in [-0.25, -0.2) is 9.13 Å². The van der Waals surface area contributed by atoms with Gasteiger partial charge in [-0.2, -0.15) is 0 Å². The molecular formula is C71H122O16P2. The van der Waals surface area contributed by atoms with Crippen LogP contribution in [0.5, 0.6) is 0 Å². The lowest BCUT2D eigenvalue weighted by Crippen LogP contribution is -2.30. The van der Waals surface area contributed by atoms with E-state index >= 15 is 0 Å². The van der Waals surface area contributed by atoms with E-state index in [4.69, 9.17) is 32.3 Å². The fraction of sp³-hybridized carbons (Fsp3) is 0.704. The number of allylic oxidation sites excluding steroid dienone is 18. The van der Waals surface area contributed by atoms with Crippen LogP contribution in [0, 0.1) is 0 Å². The third kappa shape index (κ3) is 65.5. The van der Waals surface area contributed by atoms with Crippen LogP contribution in [0.3, 0.4) is 0 Å². The molecule has 0 saturated heterocycles. The molecular weight excluding hydrogens is 1170 g/mol. The van der Waals surface area contributed by atoms with Crippen LogP contribution in [0.1, 0.15) is 265 Å². The Morgan fingerprint density at radius 2 is 0.596 bits per heavy atom. The molecule has 0 spiro atoms. The third-order valence-corrected chi connectivity index (χ3v) is 15.9. The van der Waals surface area contributed by atoms with Crippen molar-refractivity contribution < 1.29 is 75.8 Å². The molecule has 0 saturated carbocycles. The number of aliphatic hydroxyl groups excluding tert-OH is 2. The Hall–Kier alpha value is -3.79. The Morgan fingerprint density at radius 1 is 0.326 bits per heavy atom. The molecule has 18 heteroatoms. The molecule has 5 atom stereocenters. The van der Waals surface area contributed by atoms with Gasteiger partial charge in [0.25, 0.3) is 0 Å². The molecule has 0 aliphatic carbocycles. The van der Waals surface area contributed by atoms with Gasteiger partial charge in [0.1, 0.15) is 25.4 Å². The maximum absolute atomic E-state index is 12.8.